The van der Waals surface area contributed by atoms with Crippen molar-refractivity contribution in [1.29, 1.82) is 0 Å². The van der Waals surface area contributed by atoms with E-state index in [2.05, 4.69) is 13.8 Å². The maximum absolute atomic E-state index is 12.1. The Hall–Kier alpha value is -0.580. The van der Waals surface area contributed by atoms with Crippen LogP contribution in [-0.4, -0.2) is 20.7 Å². The standard InChI is InChI=1S/C15H24ClNO2S/c1-15(2,12-17)9-5-6-10-20(18,19)11-13-7-3-4-8-14(13)16/h3-4,7-8H,5-6,9-12,17H2,1-2H3. The first-order valence-corrected chi connectivity index (χ1v) is 9.10. The molecule has 0 heterocycles. The van der Waals surface area contributed by atoms with Gasteiger partial charge < -0.3 is 5.73 Å². The van der Waals surface area contributed by atoms with Crippen LogP contribution in [0.4, 0.5) is 0 Å². The van der Waals surface area contributed by atoms with Crippen LogP contribution in [0.5, 0.6) is 0 Å². The van der Waals surface area contributed by atoms with E-state index in [0.717, 1.165) is 12.8 Å². The minimum atomic E-state index is -3.10. The van der Waals surface area contributed by atoms with Crippen molar-refractivity contribution >= 4 is 21.4 Å². The average Bonchev–Trinajstić information content (AvgIpc) is 2.37. The molecule has 1 aromatic rings. The van der Waals surface area contributed by atoms with Crippen molar-refractivity contribution in [2.75, 3.05) is 12.3 Å². The Kier molecular flexibility index (Phi) is 6.49. The maximum Gasteiger partial charge on any atom is 0.154 e. The van der Waals surface area contributed by atoms with E-state index in [4.69, 9.17) is 17.3 Å². The largest absolute Gasteiger partial charge is 0.330 e. The van der Waals surface area contributed by atoms with Crippen LogP contribution >= 0.6 is 11.6 Å². The summed E-state index contributed by atoms with van der Waals surface area (Å²) in [4.78, 5) is 0. The van der Waals surface area contributed by atoms with Gasteiger partial charge in [0.2, 0.25) is 0 Å². The Morgan fingerprint density at radius 1 is 1.20 bits per heavy atom. The molecule has 0 spiro atoms. The molecule has 20 heavy (non-hydrogen) atoms. The molecule has 2 N–H and O–H groups in total. The van der Waals surface area contributed by atoms with E-state index in [0.29, 0.717) is 23.6 Å². The number of halogens is 1. The number of nitrogens with two attached hydrogens (primary N) is 1. The summed E-state index contributed by atoms with van der Waals surface area (Å²) in [5.74, 6) is 0.228. The summed E-state index contributed by atoms with van der Waals surface area (Å²) in [5, 5.41) is 0.514. The lowest BCUT2D eigenvalue weighted by molar-refractivity contribution is 0.335. The summed E-state index contributed by atoms with van der Waals surface area (Å²) in [6, 6.07) is 7.08. The number of benzene rings is 1. The van der Waals surface area contributed by atoms with Crippen molar-refractivity contribution in [2.45, 2.75) is 38.9 Å². The second-order valence-electron chi connectivity index (χ2n) is 6.01. The fraction of sp³-hybridized carbons (Fsp3) is 0.600. The van der Waals surface area contributed by atoms with Gasteiger partial charge in [0, 0.05) is 5.02 Å². The van der Waals surface area contributed by atoms with E-state index in [1.54, 1.807) is 24.3 Å². The topological polar surface area (TPSA) is 60.2 Å². The summed E-state index contributed by atoms with van der Waals surface area (Å²) >= 11 is 5.99. The maximum atomic E-state index is 12.1. The lowest BCUT2D eigenvalue weighted by atomic mass is 9.88. The van der Waals surface area contributed by atoms with Crippen LogP contribution in [0.1, 0.15) is 38.7 Å². The van der Waals surface area contributed by atoms with Crippen molar-refractivity contribution < 1.29 is 8.42 Å². The van der Waals surface area contributed by atoms with E-state index in [-0.39, 0.29) is 16.9 Å². The molecule has 0 aliphatic heterocycles. The first-order valence-electron chi connectivity index (χ1n) is 6.90. The molecule has 0 saturated carbocycles. The molecule has 0 atom stereocenters. The van der Waals surface area contributed by atoms with E-state index >= 15 is 0 Å². The Labute approximate surface area is 127 Å². The van der Waals surface area contributed by atoms with Gasteiger partial charge in [0.25, 0.3) is 0 Å². The van der Waals surface area contributed by atoms with Crippen molar-refractivity contribution in [3.8, 4) is 0 Å². The molecule has 0 amide bonds. The van der Waals surface area contributed by atoms with Crippen LogP contribution in [0.25, 0.3) is 0 Å². The molecule has 0 aliphatic carbocycles. The summed E-state index contributed by atoms with van der Waals surface area (Å²) < 4.78 is 24.1. The molecule has 0 unspecified atom stereocenters. The molecule has 0 radical (unpaired) electrons. The highest BCUT2D eigenvalue weighted by Crippen LogP contribution is 2.22. The number of hydrogen-bond acceptors (Lipinski definition) is 3. The van der Waals surface area contributed by atoms with Crippen LogP contribution in [-0.2, 0) is 15.6 Å². The van der Waals surface area contributed by atoms with Gasteiger partial charge in [0.15, 0.2) is 9.84 Å². The molecular formula is C15H24ClNO2S. The van der Waals surface area contributed by atoms with E-state index in [1.807, 2.05) is 0 Å². The molecule has 3 nitrogen and oxygen atoms in total. The molecule has 0 aromatic heterocycles. The fourth-order valence-electron chi connectivity index (χ4n) is 1.95. The van der Waals surface area contributed by atoms with E-state index < -0.39 is 9.84 Å². The number of unbranched alkanes of at least 4 members (excludes halogenated alkanes) is 1. The second-order valence-corrected chi connectivity index (χ2v) is 8.60. The van der Waals surface area contributed by atoms with Crippen molar-refractivity contribution in [3.05, 3.63) is 34.9 Å². The Morgan fingerprint density at radius 2 is 1.85 bits per heavy atom. The summed E-state index contributed by atoms with van der Waals surface area (Å²) in [6.07, 6.45) is 2.51. The van der Waals surface area contributed by atoms with Crippen molar-refractivity contribution in [1.82, 2.24) is 0 Å². The molecule has 0 bridgehead atoms. The Morgan fingerprint density at radius 3 is 2.45 bits per heavy atom. The average molecular weight is 318 g/mol. The zero-order valence-corrected chi connectivity index (χ0v) is 13.8. The molecule has 5 heteroatoms. The van der Waals surface area contributed by atoms with Crippen molar-refractivity contribution in [2.24, 2.45) is 11.1 Å². The summed E-state index contributed by atoms with van der Waals surface area (Å²) in [7, 11) is -3.10. The third kappa shape index (κ3) is 6.25. The quantitative estimate of drug-likeness (QED) is 0.747. The highest BCUT2D eigenvalue weighted by molar-refractivity contribution is 7.90. The first kappa shape index (κ1) is 17.5. The number of sulfone groups is 1. The van der Waals surface area contributed by atoms with E-state index in [9.17, 15) is 8.42 Å². The third-order valence-corrected chi connectivity index (χ3v) is 5.47. The Bertz CT molecular complexity index is 526. The number of hydrogen-bond donors (Lipinski definition) is 1. The minimum absolute atomic E-state index is 0.0208. The van der Waals surface area contributed by atoms with Gasteiger partial charge in [-0.3, -0.25) is 0 Å². The van der Waals surface area contributed by atoms with Crippen LogP contribution in [0.15, 0.2) is 24.3 Å². The first-order chi connectivity index (χ1) is 9.26. The van der Waals surface area contributed by atoms with Gasteiger partial charge in [-0.2, -0.15) is 0 Å². The zero-order valence-electron chi connectivity index (χ0n) is 12.2. The van der Waals surface area contributed by atoms with Gasteiger partial charge in [-0.1, -0.05) is 50.1 Å². The summed E-state index contributed by atoms with van der Waals surface area (Å²) in [6.45, 7) is 4.83. The van der Waals surface area contributed by atoms with Crippen LogP contribution in [0, 0.1) is 5.41 Å². The second kappa shape index (κ2) is 7.43. The lowest BCUT2D eigenvalue weighted by Crippen LogP contribution is -2.23. The van der Waals surface area contributed by atoms with Gasteiger partial charge in [0.05, 0.1) is 11.5 Å². The van der Waals surface area contributed by atoms with Gasteiger partial charge in [0.1, 0.15) is 0 Å². The fourth-order valence-corrected chi connectivity index (χ4v) is 3.75. The predicted molar refractivity (Wildman–Crippen MR) is 85.6 cm³/mol. The molecule has 0 saturated heterocycles. The van der Waals surface area contributed by atoms with Crippen LogP contribution < -0.4 is 5.73 Å². The highest BCUT2D eigenvalue weighted by atomic mass is 35.5. The lowest BCUT2D eigenvalue weighted by Gasteiger charge is -2.21. The SMILES string of the molecule is CC(C)(CN)CCCCS(=O)(=O)Cc1ccccc1Cl. The predicted octanol–water partition coefficient (Wildman–Crippen LogP) is 3.41. The van der Waals surface area contributed by atoms with Gasteiger partial charge in [-0.25, -0.2) is 8.42 Å². The normalized spacial score (nSPS) is 12.6. The zero-order chi connectivity index (χ0) is 15.2. The van der Waals surface area contributed by atoms with Crippen LogP contribution in [0.2, 0.25) is 5.02 Å². The molecule has 114 valence electrons. The molecular weight excluding hydrogens is 294 g/mol. The molecule has 0 aliphatic rings. The molecule has 0 fully saturated rings. The summed E-state index contributed by atoms with van der Waals surface area (Å²) in [5.41, 5.74) is 6.43. The Balaban J connectivity index is 2.45. The van der Waals surface area contributed by atoms with Crippen LogP contribution in [0.3, 0.4) is 0 Å². The van der Waals surface area contributed by atoms with E-state index in [1.165, 1.54) is 0 Å². The van der Waals surface area contributed by atoms with Crippen molar-refractivity contribution in [3.63, 3.8) is 0 Å². The third-order valence-electron chi connectivity index (χ3n) is 3.44. The minimum Gasteiger partial charge on any atom is -0.330 e. The van der Waals surface area contributed by atoms with Gasteiger partial charge in [-0.15, -0.1) is 0 Å². The smallest absolute Gasteiger partial charge is 0.154 e. The molecule has 1 aromatic carbocycles. The van der Waals surface area contributed by atoms with Gasteiger partial charge >= 0.3 is 0 Å². The molecule has 1 rings (SSSR count). The monoisotopic (exact) mass is 317 g/mol. The van der Waals surface area contributed by atoms with Gasteiger partial charge in [-0.05, 0) is 36.4 Å². The number of rotatable bonds is 8. The highest BCUT2D eigenvalue weighted by Gasteiger charge is 2.17.